The number of anilines is 1. The summed E-state index contributed by atoms with van der Waals surface area (Å²) >= 11 is 5.63. The Labute approximate surface area is 183 Å². The molecule has 1 aromatic heterocycles. The number of rotatable bonds is 3. The topological polar surface area (TPSA) is 29.5 Å². The van der Waals surface area contributed by atoms with E-state index in [0.717, 1.165) is 36.8 Å². The number of amides is 1. The van der Waals surface area contributed by atoms with E-state index in [9.17, 15) is 4.79 Å². The van der Waals surface area contributed by atoms with Crippen LogP contribution in [0.4, 0.5) is 5.69 Å². The molecule has 0 spiro atoms. The maximum absolute atomic E-state index is 13.4. The van der Waals surface area contributed by atoms with Crippen molar-refractivity contribution < 1.29 is 9.53 Å². The van der Waals surface area contributed by atoms with E-state index in [1.165, 1.54) is 5.56 Å². The van der Waals surface area contributed by atoms with Gasteiger partial charge in [-0.05, 0) is 50.6 Å². The highest BCUT2D eigenvalue weighted by molar-refractivity contribution is 7.80. The zero-order valence-corrected chi connectivity index (χ0v) is 19.1. The van der Waals surface area contributed by atoms with Crippen molar-refractivity contribution in [3.63, 3.8) is 0 Å². The van der Waals surface area contributed by atoms with Gasteiger partial charge in [0.1, 0.15) is 9.57 Å². The first-order chi connectivity index (χ1) is 13.8. The number of carbonyl (C=O) groups excluding carboxylic acids is 1. The van der Waals surface area contributed by atoms with Gasteiger partial charge in [0.15, 0.2) is 0 Å². The van der Waals surface area contributed by atoms with Gasteiger partial charge in [0.05, 0.1) is 23.2 Å². The van der Waals surface area contributed by atoms with Crippen LogP contribution in [0.25, 0.3) is 17.2 Å². The lowest BCUT2D eigenvalue weighted by Crippen LogP contribution is -2.47. The van der Waals surface area contributed by atoms with Crippen LogP contribution < -0.4 is 9.64 Å². The summed E-state index contributed by atoms with van der Waals surface area (Å²) in [6.45, 7) is 6.20. The quantitative estimate of drug-likeness (QED) is 0.255. The van der Waals surface area contributed by atoms with Crippen molar-refractivity contribution in [1.29, 1.82) is 0 Å². The number of methoxy groups -OCH3 is 1. The molecule has 1 aliphatic heterocycles. The number of aryl methyl sites for hydroxylation is 1. The molecular weight excluding hydrogens is 418 g/mol. The molecule has 6 heteroatoms. The van der Waals surface area contributed by atoms with Crippen LogP contribution in [0.3, 0.4) is 0 Å². The van der Waals surface area contributed by atoms with Crippen LogP contribution in [0.15, 0.2) is 48.5 Å². The molecule has 0 saturated heterocycles. The highest BCUT2D eigenvalue weighted by atomic mass is 32.9. The fourth-order valence-corrected chi connectivity index (χ4v) is 6.93. The SMILES string of the molecule is COc1ccc2c(c1)-c1c(ssc1=S)C(C)(C)N2C(=O)/C=C/c1ccc(C)cc1. The van der Waals surface area contributed by atoms with Gasteiger partial charge in [-0.1, -0.05) is 62.7 Å². The first-order valence-corrected chi connectivity index (χ1v) is 11.8. The summed E-state index contributed by atoms with van der Waals surface area (Å²) < 4.78 is 6.29. The number of nitrogens with zero attached hydrogens (tertiary/aromatic N) is 1. The summed E-state index contributed by atoms with van der Waals surface area (Å²) in [6.07, 6.45) is 3.52. The number of carbonyl (C=O) groups is 1. The van der Waals surface area contributed by atoms with Crippen LogP contribution in [-0.4, -0.2) is 13.0 Å². The molecule has 2 heterocycles. The van der Waals surface area contributed by atoms with Gasteiger partial charge in [0.2, 0.25) is 0 Å². The predicted molar refractivity (Wildman–Crippen MR) is 126 cm³/mol. The molecule has 1 aliphatic rings. The molecule has 4 rings (SSSR count). The highest BCUT2D eigenvalue weighted by Crippen LogP contribution is 2.52. The molecular formula is C23H21NO2S3. The fourth-order valence-electron chi connectivity index (χ4n) is 3.65. The summed E-state index contributed by atoms with van der Waals surface area (Å²) in [5, 5.41) is 0. The zero-order valence-electron chi connectivity index (χ0n) is 16.7. The Hall–Kier alpha value is -2.28. The Morgan fingerprint density at radius 1 is 1.14 bits per heavy atom. The second-order valence-electron chi connectivity index (χ2n) is 7.52. The third-order valence-electron chi connectivity index (χ3n) is 5.18. The summed E-state index contributed by atoms with van der Waals surface area (Å²) in [5.74, 6) is 0.694. The number of fused-ring (bicyclic) bond motifs is 3. The lowest BCUT2D eigenvalue weighted by atomic mass is 9.87. The lowest BCUT2D eigenvalue weighted by Gasteiger charge is -2.42. The summed E-state index contributed by atoms with van der Waals surface area (Å²) in [4.78, 5) is 16.4. The summed E-state index contributed by atoms with van der Waals surface area (Å²) in [7, 11) is 4.88. The highest BCUT2D eigenvalue weighted by Gasteiger charge is 2.42. The second-order valence-corrected chi connectivity index (χ2v) is 10.3. The van der Waals surface area contributed by atoms with Crippen LogP contribution in [0, 0.1) is 10.7 Å². The van der Waals surface area contributed by atoms with Crippen molar-refractivity contribution >= 4 is 50.6 Å². The molecule has 0 aliphatic carbocycles. The van der Waals surface area contributed by atoms with Crippen molar-refractivity contribution in [2.75, 3.05) is 12.0 Å². The van der Waals surface area contributed by atoms with Crippen LogP contribution >= 0.6 is 32.9 Å². The van der Waals surface area contributed by atoms with Crippen molar-refractivity contribution in [3.8, 4) is 16.9 Å². The third-order valence-corrected chi connectivity index (χ3v) is 8.51. The monoisotopic (exact) mass is 439 g/mol. The third kappa shape index (κ3) is 3.45. The van der Waals surface area contributed by atoms with Gasteiger partial charge in [-0.3, -0.25) is 9.69 Å². The van der Waals surface area contributed by atoms with E-state index in [1.807, 2.05) is 60.4 Å². The average Bonchev–Trinajstić information content (AvgIpc) is 3.10. The minimum absolute atomic E-state index is 0.0584. The van der Waals surface area contributed by atoms with Crippen LogP contribution in [0.2, 0.25) is 0 Å². The Balaban J connectivity index is 1.82. The van der Waals surface area contributed by atoms with Crippen molar-refractivity contribution in [2.45, 2.75) is 26.3 Å². The molecule has 0 unspecified atom stereocenters. The van der Waals surface area contributed by atoms with Gasteiger partial charge in [0, 0.05) is 17.2 Å². The molecule has 3 nitrogen and oxygen atoms in total. The first kappa shape index (κ1) is 20.0. The lowest BCUT2D eigenvalue weighted by molar-refractivity contribution is -0.115. The average molecular weight is 440 g/mol. The van der Waals surface area contributed by atoms with Crippen LogP contribution in [0.1, 0.15) is 29.9 Å². The Bertz CT molecular complexity index is 1170. The van der Waals surface area contributed by atoms with E-state index >= 15 is 0 Å². The minimum Gasteiger partial charge on any atom is -0.497 e. The molecule has 2 aromatic carbocycles. The maximum Gasteiger partial charge on any atom is 0.251 e. The molecule has 1 amide bonds. The standard InChI is InChI=1S/C23H21NO2S3/c1-14-5-7-15(8-6-14)9-12-19(25)24-18-11-10-16(26-4)13-17(18)20-21(23(24,2)3)28-29-22(20)27/h5-13H,1-4H3/b12-9+. The minimum atomic E-state index is -0.496. The van der Waals surface area contributed by atoms with E-state index in [-0.39, 0.29) is 5.91 Å². The molecule has 29 heavy (non-hydrogen) atoms. The van der Waals surface area contributed by atoms with Gasteiger partial charge in [-0.2, -0.15) is 0 Å². The van der Waals surface area contributed by atoms with Gasteiger partial charge in [-0.25, -0.2) is 0 Å². The molecule has 0 saturated carbocycles. The Morgan fingerprint density at radius 2 is 1.86 bits per heavy atom. The molecule has 3 aromatic rings. The van der Waals surface area contributed by atoms with Crippen molar-refractivity contribution in [3.05, 3.63) is 68.4 Å². The normalized spacial score (nSPS) is 14.6. The first-order valence-electron chi connectivity index (χ1n) is 9.24. The van der Waals surface area contributed by atoms with Gasteiger partial charge in [0.25, 0.3) is 5.91 Å². The maximum atomic E-state index is 13.4. The van der Waals surface area contributed by atoms with E-state index in [2.05, 4.69) is 13.8 Å². The number of ether oxygens (including phenoxy) is 1. The second kappa shape index (κ2) is 7.52. The predicted octanol–water partition coefficient (Wildman–Crippen LogP) is 6.82. The van der Waals surface area contributed by atoms with Gasteiger partial charge in [-0.15, -0.1) is 0 Å². The van der Waals surface area contributed by atoms with Crippen LogP contribution in [-0.2, 0) is 10.3 Å². The van der Waals surface area contributed by atoms with Gasteiger partial charge < -0.3 is 4.74 Å². The van der Waals surface area contributed by atoms with Gasteiger partial charge >= 0.3 is 0 Å². The molecule has 0 N–H and O–H groups in total. The summed E-state index contributed by atoms with van der Waals surface area (Å²) in [5.41, 5.74) is 4.57. The Morgan fingerprint density at radius 3 is 2.55 bits per heavy atom. The number of hydrogen-bond donors (Lipinski definition) is 0. The zero-order chi connectivity index (χ0) is 20.8. The van der Waals surface area contributed by atoms with E-state index in [4.69, 9.17) is 17.0 Å². The Kier molecular flexibility index (Phi) is 5.19. The smallest absolute Gasteiger partial charge is 0.251 e. The summed E-state index contributed by atoms with van der Waals surface area (Å²) in [6, 6.07) is 13.9. The molecule has 0 fully saturated rings. The van der Waals surface area contributed by atoms with Crippen molar-refractivity contribution in [1.82, 2.24) is 0 Å². The largest absolute Gasteiger partial charge is 0.497 e. The fraction of sp³-hybridized carbons (Fsp3) is 0.217. The molecule has 148 valence electrons. The van der Waals surface area contributed by atoms with E-state index < -0.39 is 5.54 Å². The molecule has 0 bridgehead atoms. The number of benzene rings is 2. The van der Waals surface area contributed by atoms with E-state index in [1.54, 1.807) is 33.9 Å². The number of hydrogen-bond acceptors (Lipinski definition) is 5. The molecule has 0 radical (unpaired) electrons. The van der Waals surface area contributed by atoms with Crippen molar-refractivity contribution in [2.24, 2.45) is 0 Å². The van der Waals surface area contributed by atoms with E-state index in [0.29, 0.717) is 0 Å². The van der Waals surface area contributed by atoms with Crippen LogP contribution in [0.5, 0.6) is 5.75 Å². The molecule has 0 atom stereocenters.